The number of fused-ring (bicyclic) bond motifs is 1. The average Bonchev–Trinajstić information content (AvgIpc) is 2.94. The summed E-state index contributed by atoms with van der Waals surface area (Å²) in [5.41, 5.74) is -0.228. The number of nitrogens with one attached hydrogen (secondary N) is 2. The zero-order chi connectivity index (χ0) is 15.5. The van der Waals surface area contributed by atoms with Crippen molar-refractivity contribution in [3.63, 3.8) is 0 Å². The number of halogens is 1. The van der Waals surface area contributed by atoms with Gasteiger partial charge in [-0.15, -0.1) is 12.4 Å². The molecule has 0 radical (unpaired) electrons. The maximum atomic E-state index is 10.3. The number of ether oxygens (including phenoxy) is 2. The first kappa shape index (κ1) is 19.2. The molecule has 7 nitrogen and oxygen atoms in total. The molecule has 0 amide bonds. The lowest BCUT2D eigenvalue weighted by Crippen LogP contribution is -2.58. The highest BCUT2D eigenvalue weighted by atomic mass is 35.5. The van der Waals surface area contributed by atoms with Crippen LogP contribution in [0.1, 0.15) is 19.8 Å². The lowest BCUT2D eigenvalue weighted by molar-refractivity contribution is -0.151. The predicted octanol–water partition coefficient (Wildman–Crippen LogP) is -0.296. The van der Waals surface area contributed by atoms with Crippen LogP contribution in [0.4, 0.5) is 0 Å². The van der Waals surface area contributed by atoms with Crippen LogP contribution in [0.15, 0.2) is 4.99 Å². The van der Waals surface area contributed by atoms with Gasteiger partial charge in [-0.3, -0.25) is 4.99 Å². The van der Waals surface area contributed by atoms with Crippen molar-refractivity contribution in [2.75, 3.05) is 26.3 Å². The second kappa shape index (κ2) is 8.84. The minimum atomic E-state index is -0.918. The molecular weight excluding hydrogens is 342 g/mol. The fourth-order valence-corrected chi connectivity index (χ4v) is 4.21. The molecule has 3 heterocycles. The summed E-state index contributed by atoms with van der Waals surface area (Å²) in [7, 11) is 0. The maximum absolute atomic E-state index is 10.3. The molecule has 9 heteroatoms. The molecule has 0 aromatic heterocycles. The zero-order valence-electron chi connectivity index (χ0n) is 13.2. The molecule has 0 aromatic rings. The number of aliphatic imine (C=N–C) groups is 1. The van der Waals surface area contributed by atoms with Crippen LogP contribution in [0.3, 0.4) is 0 Å². The van der Waals surface area contributed by atoms with Gasteiger partial charge >= 0.3 is 0 Å². The number of nitrogens with zero attached hydrogens (tertiary/aromatic N) is 1. The quantitative estimate of drug-likeness (QED) is 0.542. The van der Waals surface area contributed by atoms with E-state index >= 15 is 0 Å². The Hall–Kier alpha value is -0.0900. The number of thioether (sulfide) groups is 1. The van der Waals surface area contributed by atoms with E-state index in [0.717, 1.165) is 37.8 Å². The first-order chi connectivity index (χ1) is 10.7. The van der Waals surface area contributed by atoms with E-state index in [1.54, 1.807) is 0 Å². The highest BCUT2D eigenvalue weighted by molar-refractivity contribution is 8.14. The fourth-order valence-electron chi connectivity index (χ4n) is 3.02. The van der Waals surface area contributed by atoms with Crippen molar-refractivity contribution in [3.05, 3.63) is 0 Å². The van der Waals surface area contributed by atoms with Crippen molar-refractivity contribution in [1.82, 2.24) is 10.6 Å². The Balaban J connectivity index is 0.00000192. The van der Waals surface area contributed by atoms with Gasteiger partial charge in [0.15, 0.2) is 5.17 Å². The van der Waals surface area contributed by atoms with Gasteiger partial charge in [0, 0.05) is 32.3 Å². The number of hydrogen-bond donors (Lipinski definition) is 4. The Bertz CT molecular complexity index is 411. The molecule has 23 heavy (non-hydrogen) atoms. The Morgan fingerprint density at radius 3 is 2.70 bits per heavy atom. The van der Waals surface area contributed by atoms with Crippen LogP contribution < -0.4 is 10.6 Å². The second-order valence-electron chi connectivity index (χ2n) is 5.89. The minimum Gasteiger partial charge on any atom is -0.388 e. The van der Waals surface area contributed by atoms with Crippen LogP contribution in [0.5, 0.6) is 0 Å². The number of aliphatic hydroxyl groups excluding tert-OH is 2. The second-order valence-corrected chi connectivity index (χ2v) is 6.98. The van der Waals surface area contributed by atoms with Gasteiger partial charge in [0.1, 0.15) is 29.8 Å². The van der Waals surface area contributed by atoms with Crippen molar-refractivity contribution < 1.29 is 19.7 Å². The Kier molecular flexibility index (Phi) is 7.40. The van der Waals surface area contributed by atoms with Gasteiger partial charge in [0.05, 0.1) is 0 Å². The monoisotopic (exact) mass is 367 g/mol. The van der Waals surface area contributed by atoms with Crippen molar-refractivity contribution in [1.29, 1.82) is 0 Å². The molecule has 3 aliphatic rings. The van der Waals surface area contributed by atoms with Gasteiger partial charge in [-0.1, -0.05) is 11.8 Å². The molecule has 0 aromatic carbocycles. The van der Waals surface area contributed by atoms with Crippen molar-refractivity contribution >= 4 is 29.3 Å². The molecule has 3 rings (SSSR count). The normalized spacial score (nSPS) is 37.7. The van der Waals surface area contributed by atoms with Crippen LogP contribution >= 0.6 is 24.2 Å². The smallest absolute Gasteiger partial charge is 0.159 e. The molecule has 2 saturated heterocycles. The average molecular weight is 368 g/mol. The van der Waals surface area contributed by atoms with Gasteiger partial charge in [-0.05, 0) is 19.8 Å². The van der Waals surface area contributed by atoms with Crippen molar-refractivity contribution in [2.45, 2.75) is 55.6 Å². The summed E-state index contributed by atoms with van der Waals surface area (Å²) in [6, 6.07) is -0.00222. The zero-order valence-corrected chi connectivity index (χ0v) is 14.8. The van der Waals surface area contributed by atoms with Gasteiger partial charge in [0.2, 0.25) is 0 Å². The van der Waals surface area contributed by atoms with Crippen molar-refractivity contribution in [2.24, 2.45) is 4.99 Å². The van der Waals surface area contributed by atoms with E-state index in [1.807, 2.05) is 6.92 Å². The highest BCUT2D eigenvalue weighted by Gasteiger charge is 2.48. The van der Waals surface area contributed by atoms with Gasteiger partial charge in [-0.25, -0.2) is 0 Å². The van der Waals surface area contributed by atoms with Gasteiger partial charge in [-0.2, -0.15) is 0 Å². The van der Waals surface area contributed by atoms with Gasteiger partial charge in [0.25, 0.3) is 0 Å². The fraction of sp³-hybridized carbons (Fsp3) is 0.929. The molecule has 5 atom stereocenters. The SMILES string of the molecule is CCNC1=N[C@@H]2[C@@H](O)[C@H](O)[C@@H](CNC3CCOCC3)O[C@@H]2S1.Cl. The summed E-state index contributed by atoms with van der Waals surface area (Å²) in [4.78, 5) is 4.41. The molecule has 0 saturated carbocycles. The third kappa shape index (κ3) is 4.50. The largest absolute Gasteiger partial charge is 0.388 e. The number of amidine groups is 1. The molecule has 134 valence electrons. The van der Waals surface area contributed by atoms with Crippen LogP contribution in [0.25, 0.3) is 0 Å². The lowest BCUT2D eigenvalue weighted by Gasteiger charge is -2.39. The minimum absolute atomic E-state index is 0. The predicted molar refractivity (Wildman–Crippen MR) is 92.3 cm³/mol. The van der Waals surface area contributed by atoms with E-state index in [0.29, 0.717) is 12.6 Å². The van der Waals surface area contributed by atoms with Crippen molar-refractivity contribution in [3.8, 4) is 0 Å². The summed E-state index contributed by atoms with van der Waals surface area (Å²) < 4.78 is 11.3. The maximum Gasteiger partial charge on any atom is 0.159 e. The summed E-state index contributed by atoms with van der Waals surface area (Å²) >= 11 is 1.49. The number of rotatable bonds is 4. The Morgan fingerprint density at radius 2 is 2.00 bits per heavy atom. The van der Waals surface area contributed by atoms with E-state index in [1.165, 1.54) is 11.8 Å². The van der Waals surface area contributed by atoms with E-state index < -0.39 is 24.4 Å². The molecular formula is C14H26ClN3O4S. The standard InChI is InChI=1S/C14H25N3O4S.ClH/c1-2-15-14-17-10-12(19)11(18)9(21-13(10)22-14)7-16-8-3-5-20-6-4-8;/h8-13,16,18-19H,2-7H2,1H3,(H,15,17);1H/t9-,10-,11-,12-,13-;/m1./s1. The lowest BCUT2D eigenvalue weighted by atomic mass is 9.97. The Labute approximate surface area is 147 Å². The van der Waals surface area contributed by atoms with Crippen LogP contribution in [-0.2, 0) is 9.47 Å². The highest BCUT2D eigenvalue weighted by Crippen LogP contribution is 2.35. The van der Waals surface area contributed by atoms with Crippen LogP contribution in [-0.4, -0.2) is 77.5 Å². The molecule has 0 bridgehead atoms. The summed E-state index contributed by atoms with van der Waals surface area (Å²) in [6.07, 6.45) is -0.273. The third-order valence-electron chi connectivity index (χ3n) is 4.32. The van der Waals surface area contributed by atoms with Gasteiger partial charge < -0.3 is 30.3 Å². The molecule has 0 unspecified atom stereocenters. The molecule has 0 aliphatic carbocycles. The summed E-state index contributed by atoms with van der Waals surface area (Å²) in [5.74, 6) is 0. The third-order valence-corrected chi connectivity index (χ3v) is 5.41. The molecule has 0 spiro atoms. The van der Waals surface area contributed by atoms with E-state index in [-0.39, 0.29) is 17.8 Å². The van der Waals surface area contributed by atoms with Crippen LogP contribution in [0, 0.1) is 0 Å². The topological polar surface area (TPSA) is 95.3 Å². The number of aliphatic hydroxyl groups is 2. The Morgan fingerprint density at radius 1 is 1.26 bits per heavy atom. The molecule has 3 aliphatic heterocycles. The van der Waals surface area contributed by atoms with E-state index in [9.17, 15) is 10.2 Å². The first-order valence-electron chi connectivity index (χ1n) is 8.00. The van der Waals surface area contributed by atoms with E-state index in [2.05, 4.69) is 15.6 Å². The van der Waals surface area contributed by atoms with E-state index in [4.69, 9.17) is 9.47 Å². The first-order valence-corrected chi connectivity index (χ1v) is 8.88. The summed E-state index contributed by atoms with van der Waals surface area (Å²) in [6.45, 7) is 4.85. The summed E-state index contributed by atoms with van der Waals surface area (Å²) in [5, 5.41) is 28.0. The van der Waals surface area contributed by atoms with Crippen LogP contribution in [0.2, 0.25) is 0 Å². The molecule has 2 fully saturated rings. The number of hydrogen-bond acceptors (Lipinski definition) is 8. The molecule has 4 N–H and O–H groups in total.